The van der Waals surface area contributed by atoms with Crippen molar-refractivity contribution in [3.8, 4) is 33.9 Å². The SMILES string of the molecule is CNC(/N=C(\Cc1ccccc1)c1ccccc1)(c1ccccc1Cl)n1c(-c2ccccc2Cl)nc(-c2ccccc2)c1-c1ccccc1. The van der Waals surface area contributed by atoms with Crippen LogP contribution in [0.2, 0.25) is 10.0 Å². The molecule has 7 rings (SSSR count). The molecule has 6 aromatic carbocycles. The fraction of sp³-hybridized carbons (Fsp3) is 0.0698. The Kier molecular flexibility index (Phi) is 9.54. The number of rotatable bonds is 10. The molecule has 0 fully saturated rings. The Labute approximate surface area is 297 Å². The smallest absolute Gasteiger partial charge is 0.221 e. The second-order valence-electron chi connectivity index (χ2n) is 11.7. The molecule has 49 heavy (non-hydrogen) atoms. The van der Waals surface area contributed by atoms with E-state index < -0.39 is 5.79 Å². The van der Waals surface area contributed by atoms with E-state index in [0.717, 1.165) is 50.5 Å². The zero-order valence-electron chi connectivity index (χ0n) is 27.0. The average molecular weight is 678 g/mol. The molecule has 0 aliphatic rings. The molecular weight excluding hydrogens is 643 g/mol. The van der Waals surface area contributed by atoms with Gasteiger partial charge >= 0.3 is 0 Å². The number of aliphatic imine (C=N–C) groups is 1. The molecule has 6 heteroatoms. The number of aromatic nitrogens is 2. The van der Waals surface area contributed by atoms with Gasteiger partial charge in [0.05, 0.1) is 22.1 Å². The van der Waals surface area contributed by atoms with Crippen LogP contribution in [0.3, 0.4) is 0 Å². The van der Waals surface area contributed by atoms with Gasteiger partial charge in [-0.15, -0.1) is 0 Å². The third-order valence-corrected chi connectivity index (χ3v) is 9.29. The number of benzene rings is 6. The topological polar surface area (TPSA) is 42.2 Å². The van der Waals surface area contributed by atoms with Gasteiger partial charge in [0.2, 0.25) is 5.79 Å². The van der Waals surface area contributed by atoms with Gasteiger partial charge in [-0.1, -0.05) is 175 Å². The molecule has 1 N–H and O–H groups in total. The maximum atomic E-state index is 7.21. The van der Waals surface area contributed by atoms with Gasteiger partial charge in [0.15, 0.2) is 0 Å². The number of halogens is 2. The first kappa shape index (κ1) is 32.3. The predicted molar refractivity (Wildman–Crippen MR) is 204 cm³/mol. The molecule has 7 aromatic rings. The maximum absolute atomic E-state index is 7.21. The highest BCUT2D eigenvalue weighted by Crippen LogP contribution is 2.45. The predicted octanol–water partition coefficient (Wildman–Crippen LogP) is 10.8. The van der Waals surface area contributed by atoms with E-state index in [9.17, 15) is 0 Å². The van der Waals surface area contributed by atoms with Crippen molar-refractivity contribution >= 4 is 28.9 Å². The van der Waals surface area contributed by atoms with Crippen molar-refractivity contribution in [3.63, 3.8) is 0 Å². The number of imidazole rings is 1. The first-order chi connectivity index (χ1) is 24.1. The molecule has 0 radical (unpaired) electrons. The molecule has 0 saturated heterocycles. The van der Waals surface area contributed by atoms with Crippen LogP contribution in [0.25, 0.3) is 33.9 Å². The lowest BCUT2D eigenvalue weighted by atomic mass is 9.99. The molecule has 1 unspecified atom stereocenters. The Morgan fingerprint density at radius 2 is 1.16 bits per heavy atom. The summed E-state index contributed by atoms with van der Waals surface area (Å²) in [5.41, 5.74) is 8.16. The van der Waals surface area contributed by atoms with Crippen LogP contribution in [0.4, 0.5) is 0 Å². The van der Waals surface area contributed by atoms with Crippen LogP contribution < -0.4 is 5.32 Å². The van der Waals surface area contributed by atoms with Gasteiger partial charge < -0.3 is 0 Å². The number of hydrogen-bond acceptors (Lipinski definition) is 3. The summed E-state index contributed by atoms with van der Waals surface area (Å²) in [6, 6.07) is 57.0. The minimum absolute atomic E-state index is 0.562. The molecule has 1 heterocycles. The zero-order valence-corrected chi connectivity index (χ0v) is 28.5. The average Bonchev–Trinajstić information content (AvgIpc) is 3.56. The minimum atomic E-state index is -1.29. The van der Waals surface area contributed by atoms with Crippen LogP contribution >= 0.6 is 23.2 Å². The fourth-order valence-electron chi connectivity index (χ4n) is 6.32. The summed E-state index contributed by atoms with van der Waals surface area (Å²) >= 11 is 14.2. The van der Waals surface area contributed by atoms with Crippen molar-refractivity contribution < 1.29 is 0 Å². The van der Waals surface area contributed by atoms with Crippen LogP contribution in [-0.2, 0) is 12.2 Å². The number of hydrogen-bond donors (Lipinski definition) is 1. The first-order valence-electron chi connectivity index (χ1n) is 16.2. The second-order valence-corrected chi connectivity index (χ2v) is 12.5. The van der Waals surface area contributed by atoms with E-state index in [4.69, 9.17) is 33.2 Å². The van der Waals surface area contributed by atoms with Gasteiger partial charge in [0.1, 0.15) is 5.82 Å². The molecule has 1 aromatic heterocycles. The molecule has 0 spiro atoms. The van der Waals surface area contributed by atoms with Gasteiger partial charge in [-0.25, -0.2) is 9.98 Å². The summed E-state index contributed by atoms with van der Waals surface area (Å²) in [7, 11) is 1.92. The lowest BCUT2D eigenvalue weighted by Gasteiger charge is -2.36. The molecule has 240 valence electrons. The third kappa shape index (κ3) is 6.47. The summed E-state index contributed by atoms with van der Waals surface area (Å²) in [5, 5.41) is 4.83. The van der Waals surface area contributed by atoms with Crippen LogP contribution in [-0.4, -0.2) is 22.3 Å². The highest BCUT2D eigenvalue weighted by molar-refractivity contribution is 6.33. The molecule has 0 saturated carbocycles. The fourth-order valence-corrected chi connectivity index (χ4v) is 6.80. The van der Waals surface area contributed by atoms with E-state index in [1.807, 2.05) is 116 Å². The lowest BCUT2D eigenvalue weighted by Crippen LogP contribution is -2.47. The van der Waals surface area contributed by atoms with Crippen LogP contribution in [0.1, 0.15) is 16.7 Å². The highest BCUT2D eigenvalue weighted by atomic mass is 35.5. The molecule has 0 amide bonds. The summed E-state index contributed by atoms with van der Waals surface area (Å²) in [5.74, 6) is -0.647. The quantitative estimate of drug-likeness (QED) is 0.146. The summed E-state index contributed by atoms with van der Waals surface area (Å²) in [6.45, 7) is 0. The van der Waals surface area contributed by atoms with E-state index in [0.29, 0.717) is 22.3 Å². The monoisotopic (exact) mass is 676 g/mol. The van der Waals surface area contributed by atoms with Crippen LogP contribution in [0, 0.1) is 0 Å². The van der Waals surface area contributed by atoms with Crippen molar-refractivity contribution in [2.24, 2.45) is 4.99 Å². The maximum Gasteiger partial charge on any atom is 0.221 e. The largest absolute Gasteiger partial charge is 0.281 e. The Bertz CT molecular complexity index is 2200. The van der Waals surface area contributed by atoms with E-state index >= 15 is 0 Å². The number of nitrogens with zero attached hydrogens (tertiary/aromatic N) is 3. The summed E-state index contributed by atoms with van der Waals surface area (Å²) < 4.78 is 2.18. The standard InChI is InChI=1S/C43H34Cl2N4/c1-46-43(36-27-15-17-29-38(36)45,48-39(32-20-8-3-9-21-32)30-31-18-6-2-7-19-31)49-41(34-24-12-5-13-25-34)40(33-22-10-4-11-23-33)47-42(49)35-26-14-16-28-37(35)44/h2-29,46H,30H2,1H3/b48-39+. The zero-order chi connectivity index (χ0) is 33.6. The van der Waals surface area contributed by atoms with Crippen molar-refractivity contribution in [2.75, 3.05) is 7.05 Å². The van der Waals surface area contributed by atoms with Gasteiger partial charge in [0.25, 0.3) is 0 Å². The van der Waals surface area contributed by atoms with Gasteiger partial charge in [-0.2, -0.15) is 0 Å². The van der Waals surface area contributed by atoms with E-state index in [1.54, 1.807) is 0 Å². The van der Waals surface area contributed by atoms with Crippen LogP contribution in [0.5, 0.6) is 0 Å². The van der Waals surface area contributed by atoms with E-state index in [-0.39, 0.29) is 0 Å². The second kappa shape index (κ2) is 14.5. The normalized spacial score (nSPS) is 12.8. The van der Waals surface area contributed by atoms with Crippen molar-refractivity contribution in [3.05, 3.63) is 197 Å². The molecular formula is C43H34Cl2N4. The molecule has 0 aliphatic heterocycles. The summed E-state index contributed by atoms with van der Waals surface area (Å²) in [4.78, 5) is 11.3. The van der Waals surface area contributed by atoms with E-state index in [1.165, 1.54) is 0 Å². The van der Waals surface area contributed by atoms with E-state index in [2.05, 4.69) is 70.5 Å². The summed E-state index contributed by atoms with van der Waals surface area (Å²) in [6.07, 6.45) is 0.584. The molecule has 1 atom stereocenters. The third-order valence-electron chi connectivity index (χ3n) is 8.63. The Morgan fingerprint density at radius 3 is 1.78 bits per heavy atom. The van der Waals surface area contributed by atoms with Gasteiger partial charge in [-0.3, -0.25) is 9.88 Å². The minimum Gasteiger partial charge on any atom is -0.281 e. The van der Waals surface area contributed by atoms with Crippen LogP contribution in [0.15, 0.2) is 175 Å². The van der Waals surface area contributed by atoms with Crippen molar-refractivity contribution in [1.29, 1.82) is 0 Å². The number of nitrogens with one attached hydrogen (secondary N) is 1. The molecule has 0 aliphatic carbocycles. The van der Waals surface area contributed by atoms with Gasteiger partial charge in [-0.05, 0) is 36.4 Å². The lowest BCUT2D eigenvalue weighted by molar-refractivity contribution is 0.319. The highest BCUT2D eigenvalue weighted by Gasteiger charge is 2.41. The van der Waals surface area contributed by atoms with Crippen molar-refractivity contribution in [2.45, 2.75) is 12.2 Å². The first-order valence-corrected chi connectivity index (χ1v) is 17.0. The Morgan fingerprint density at radius 1 is 0.633 bits per heavy atom. The van der Waals surface area contributed by atoms with Gasteiger partial charge in [0, 0.05) is 33.7 Å². The molecule has 4 nitrogen and oxygen atoms in total. The molecule has 0 bridgehead atoms. The van der Waals surface area contributed by atoms with Crippen molar-refractivity contribution in [1.82, 2.24) is 14.9 Å². The Balaban J connectivity index is 1.67. The Hall–Kier alpha value is -5.26.